The molecule has 3 heterocycles. The van der Waals surface area contributed by atoms with E-state index in [1.807, 2.05) is 4.68 Å². The number of pyridine rings is 1. The Kier molecular flexibility index (Phi) is 2.25. The second kappa shape index (κ2) is 3.75. The second-order valence-corrected chi connectivity index (χ2v) is 4.06. The van der Waals surface area contributed by atoms with Gasteiger partial charge in [0.25, 0.3) is 0 Å². The third-order valence-electron chi connectivity index (χ3n) is 2.94. The van der Waals surface area contributed by atoms with Crippen LogP contribution >= 0.6 is 0 Å². The van der Waals surface area contributed by atoms with E-state index in [0.29, 0.717) is 0 Å². The van der Waals surface area contributed by atoms with Gasteiger partial charge in [-0.15, -0.1) is 0 Å². The first-order valence-corrected chi connectivity index (χ1v) is 5.52. The molecular weight excluding hydrogens is 206 g/mol. The number of nitrogens with zero attached hydrogens (tertiary/aromatic N) is 3. The van der Waals surface area contributed by atoms with E-state index in [0.717, 1.165) is 35.1 Å². The summed E-state index contributed by atoms with van der Waals surface area (Å²) in [6.07, 6.45) is 8.03. The van der Waals surface area contributed by atoms with Crippen LogP contribution in [-0.4, -0.2) is 16.4 Å². The molecule has 0 bridgehead atoms. The molecule has 3 rings (SSSR count). The van der Waals surface area contributed by atoms with Crippen LogP contribution in [0.15, 0.2) is 24.7 Å². The smallest absolute Gasteiger partial charge is 0.191 e. The topological polar surface area (TPSA) is 54.0 Å². The summed E-state index contributed by atoms with van der Waals surface area (Å²) in [5.41, 5.74) is 0.957. The van der Waals surface area contributed by atoms with Crippen LogP contribution in [0.2, 0.25) is 0 Å². The van der Waals surface area contributed by atoms with Crippen molar-refractivity contribution in [2.75, 3.05) is 6.61 Å². The number of hydrogen-bond donors (Lipinski definition) is 0. The van der Waals surface area contributed by atoms with Crippen molar-refractivity contribution in [1.29, 1.82) is 0 Å². The van der Waals surface area contributed by atoms with E-state index >= 15 is 0 Å². The van der Waals surface area contributed by atoms with Crippen LogP contribution in [0.4, 0.5) is 0 Å². The minimum absolute atomic E-state index is 0.0220. The van der Waals surface area contributed by atoms with Crippen molar-refractivity contribution < 1.29 is 9.47 Å². The van der Waals surface area contributed by atoms with Crippen LogP contribution in [0.5, 0.6) is 0 Å². The normalized spacial score (nSPS) is 21.4. The molecule has 1 unspecified atom stereocenters. The summed E-state index contributed by atoms with van der Waals surface area (Å²) in [7, 11) is 0. The largest absolute Gasteiger partial charge is 0.619 e. The van der Waals surface area contributed by atoms with Crippen LogP contribution in [0.3, 0.4) is 0 Å². The Hall–Kier alpha value is -1.62. The van der Waals surface area contributed by atoms with Gasteiger partial charge < -0.3 is 9.94 Å². The summed E-state index contributed by atoms with van der Waals surface area (Å²) in [6.45, 7) is 0.792. The number of aromatic nitrogens is 3. The molecule has 0 aliphatic carbocycles. The van der Waals surface area contributed by atoms with Gasteiger partial charge in [-0.25, -0.2) is 4.68 Å². The van der Waals surface area contributed by atoms with E-state index in [2.05, 4.69) is 5.10 Å². The maximum absolute atomic E-state index is 11.1. The van der Waals surface area contributed by atoms with E-state index in [4.69, 9.17) is 4.74 Å². The lowest BCUT2D eigenvalue weighted by Crippen LogP contribution is -2.24. The van der Waals surface area contributed by atoms with Gasteiger partial charge in [0.15, 0.2) is 18.6 Å². The van der Waals surface area contributed by atoms with Crippen LogP contribution in [-0.2, 0) is 4.74 Å². The maximum atomic E-state index is 11.1. The average molecular weight is 219 g/mol. The third kappa shape index (κ3) is 1.53. The van der Waals surface area contributed by atoms with E-state index in [1.54, 1.807) is 12.3 Å². The summed E-state index contributed by atoms with van der Waals surface area (Å²) >= 11 is 0. The number of rotatable bonds is 1. The minimum atomic E-state index is 0.0220. The van der Waals surface area contributed by atoms with E-state index in [9.17, 15) is 5.21 Å². The van der Waals surface area contributed by atoms with Crippen LogP contribution in [0, 0.1) is 5.21 Å². The van der Waals surface area contributed by atoms with Crippen molar-refractivity contribution in [2.24, 2.45) is 0 Å². The lowest BCUT2D eigenvalue weighted by molar-refractivity contribution is -0.603. The summed E-state index contributed by atoms with van der Waals surface area (Å²) in [4.78, 5) is 0. The first-order valence-electron chi connectivity index (χ1n) is 5.52. The van der Waals surface area contributed by atoms with Gasteiger partial charge in [0.1, 0.15) is 0 Å². The first kappa shape index (κ1) is 9.59. The van der Waals surface area contributed by atoms with Gasteiger partial charge in [-0.2, -0.15) is 9.83 Å². The number of fused-ring (bicyclic) bond motifs is 1. The monoisotopic (exact) mass is 219 g/mol. The highest BCUT2D eigenvalue weighted by atomic mass is 16.5. The zero-order chi connectivity index (χ0) is 11.0. The molecule has 2 aromatic heterocycles. The molecule has 1 atom stereocenters. The van der Waals surface area contributed by atoms with Gasteiger partial charge in [-0.3, -0.25) is 0 Å². The van der Waals surface area contributed by atoms with Gasteiger partial charge in [-0.05, 0) is 19.3 Å². The predicted octanol–water partition coefficient (Wildman–Crippen LogP) is 1.37. The van der Waals surface area contributed by atoms with Crippen molar-refractivity contribution in [3.05, 3.63) is 29.9 Å². The standard InChI is InChI=1S/C11H13N3O2/c15-13-5-4-10-9(8-13)7-12-14(10)11-3-1-2-6-16-11/h4-5,7-8,11H,1-3,6H2. The Bertz CT molecular complexity index is 503. The summed E-state index contributed by atoms with van der Waals surface area (Å²) in [5, 5.41) is 16.3. The lowest BCUT2D eigenvalue weighted by Gasteiger charge is -2.23. The Balaban J connectivity index is 2.03. The molecule has 0 aromatic carbocycles. The molecule has 1 aliphatic rings. The van der Waals surface area contributed by atoms with Crippen molar-refractivity contribution in [3.63, 3.8) is 0 Å². The molecule has 0 radical (unpaired) electrons. The highest BCUT2D eigenvalue weighted by Crippen LogP contribution is 2.25. The molecular formula is C11H13N3O2. The molecule has 16 heavy (non-hydrogen) atoms. The Morgan fingerprint density at radius 1 is 1.50 bits per heavy atom. The highest BCUT2D eigenvalue weighted by molar-refractivity contribution is 5.76. The van der Waals surface area contributed by atoms with E-state index < -0.39 is 0 Å². The van der Waals surface area contributed by atoms with Gasteiger partial charge in [0, 0.05) is 12.7 Å². The molecule has 1 saturated heterocycles. The van der Waals surface area contributed by atoms with Crippen molar-refractivity contribution >= 4 is 10.9 Å². The van der Waals surface area contributed by atoms with Gasteiger partial charge in [0.05, 0.1) is 17.1 Å². The Morgan fingerprint density at radius 2 is 2.44 bits per heavy atom. The maximum Gasteiger partial charge on any atom is 0.191 e. The van der Waals surface area contributed by atoms with Crippen LogP contribution in [0.25, 0.3) is 10.9 Å². The van der Waals surface area contributed by atoms with Crippen LogP contribution < -0.4 is 4.73 Å². The van der Waals surface area contributed by atoms with Crippen molar-refractivity contribution in [3.8, 4) is 0 Å². The Labute approximate surface area is 92.8 Å². The molecule has 5 nitrogen and oxygen atoms in total. The molecule has 0 saturated carbocycles. The van der Waals surface area contributed by atoms with Crippen LogP contribution in [0.1, 0.15) is 25.5 Å². The zero-order valence-electron chi connectivity index (χ0n) is 8.87. The molecule has 1 fully saturated rings. The molecule has 0 spiro atoms. The van der Waals surface area contributed by atoms with Crippen molar-refractivity contribution in [1.82, 2.24) is 9.78 Å². The van der Waals surface area contributed by atoms with Gasteiger partial charge >= 0.3 is 0 Å². The predicted molar refractivity (Wildman–Crippen MR) is 57.5 cm³/mol. The fourth-order valence-corrected chi connectivity index (χ4v) is 2.13. The zero-order valence-corrected chi connectivity index (χ0v) is 8.87. The van der Waals surface area contributed by atoms with Crippen molar-refractivity contribution in [2.45, 2.75) is 25.5 Å². The summed E-state index contributed by atoms with van der Waals surface area (Å²) in [5.74, 6) is 0. The SMILES string of the molecule is [O-][n+]1ccc2c(cnn2C2CCCCO2)c1. The van der Waals surface area contributed by atoms with Gasteiger partial charge in [0.2, 0.25) is 0 Å². The summed E-state index contributed by atoms with van der Waals surface area (Å²) in [6, 6.07) is 1.79. The quantitative estimate of drug-likeness (QED) is 0.537. The fourth-order valence-electron chi connectivity index (χ4n) is 2.13. The molecule has 5 heteroatoms. The van der Waals surface area contributed by atoms with E-state index in [1.165, 1.54) is 18.8 Å². The molecule has 0 N–H and O–H groups in total. The fraction of sp³-hybridized carbons (Fsp3) is 0.455. The number of hydrogen-bond acceptors (Lipinski definition) is 3. The molecule has 84 valence electrons. The lowest BCUT2D eigenvalue weighted by atomic mass is 10.2. The minimum Gasteiger partial charge on any atom is -0.619 e. The Morgan fingerprint density at radius 3 is 3.25 bits per heavy atom. The first-order chi connectivity index (χ1) is 7.84. The second-order valence-electron chi connectivity index (χ2n) is 4.06. The van der Waals surface area contributed by atoms with E-state index in [-0.39, 0.29) is 6.23 Å². The highest BCUT2D eigenvalue weighted by Gasteiger charge is 2.18. The number of ether oxygens (including phenoxy) is 1. The van der Waals surface area contributed by atoms with Gasteiger partial charge in [-0.1, -0.05) is 0 Å². The molecule has 2 aromatic rings. The third-order valence-corrected chi connectivity index (χ3v) is 2.94. The summed E-state index contributed by atoms with van der Waals surface area (Å²) < 4.78 is 8.33. The molecule has 0 amide bonds. The average Bonchev–Trinajstić information content (AvgIpc) is 2.73. The molecule has 1 aliphatic heterocycles.